The first-order valence-corrected chi connectivity index (χ1v) is 16.9. The SMILES string of the molecule is c1ccc(-c2ccccc2-c2ccccc2-c2c3ccccc3c(-c3ccc4c(c3)-c3cccc5cccc(c35)O4)c3ccccc23)cc1. The van der Waals surface area contributed by atoms with E-state index in [9.17, 15) is 0 Å². The Bertz CT molecular complexity index is 2680. The molecule has 228 valence electrons. The molecule has 0 aromatic heterocycles. The van der Waals surface area contributed by atoms with E-state index in [1.165, 1.54) is 82.4 Å². The lowest BCUT2D eigenvalue weighted by Gasteiger charge is -2.23. The van der Waals surface area contributed by atoms with Gasteiger partial charge in [-0.15, -0.1) is 0 Å². The topological polar surface area (TPSA) is 9.23 Å². The van der Waals surface area contributed by atoms with Crippen LogP contribution in [-0.2, 0) is 0 Å². The van der Waals surface area contributed by atoms with Crippen LogP contribution in [0.1, 0.15) is 0 Å². The molecular formula is C48H30O. The van der Waals surface area contributed by atoms with E-state index in [4.69, 9.17) is 4.74 Å². The van der Waals surface area contributed by atoms with Gasteiger partial charge in [0.2, 0.25) is 0 Å². The summed E-state index contributed by atoms with van der Waals surface area (Å²) in [4.78, 5) is 0. The molecule has 0 aliphatic carbocycles. The van der Waals surface area contributed by atoms with Crippen LogP contribution in [0.2, 0.25) is 0 Å². The Morgan fingerprint density at radius 3 is 1.51 bits per heavy atom. The second kappa shape index (κ2) is 11.1. The van der Waals surface area contributed by atoms with Crippen molar-refractivity contribution in [3.05, 3.63) is 182 Å². The van der Waals surface area contributed by atoms with E-state index in [0.717, 1.165) is 17.1 Å². The molecule has 0 N–H and O–H groups in total. The van der Waals surface area contributed by atoms with Gasteiger partial charge < -0.3 is 4.74 Å². The molecule has 9 aromatic carbocycles. The van der Waals surface area contributed by atoms with Gasteiger partial charge in [0.15, 0.2) is 0 Å². The molecule has 0 saturated heterocycles. The second-order valence-electron chi connectivity index (χ2n) is 12.8. The molecule has 9 aromatic rings. The van der Waals surface area contributed by atoms with Crippen molar-refractivity contribution in [1.29, 1.82) is 0 Å². The van der Waals surface area contributed by atoms with Crippen LogP contribution in [0.3, 0.4) is 0 Å². The second-order valence-corrected chi connectivity index (χ2v) is 12.8. The number of rotatable bonds is 4. The van der Waals surface area contributed by atoms with Gasteiger partial charge in [0.25, 0.3) is 0 Å². The summed E-state index contributed by atoms with van der Waals surface area (Å²) in [5.41, 5.74) is 12.1. The minimum Gasteiger partial charge on any atom is -0.456 e. The van der Waals surface area contributed by atoms with Crippen molar-refractivity contribution in [3.63, 3.8) is 0 Å². The molecule has 1 heteroatoms. The van der Waals surface area contributed by atoms with Crippen LogP contribution in [0, 0.1) is 0 Å². The van der Waals surface area contributed by atoms with Crippen LogP contribution >= 0.6 is 0 Å². The Morgan fingerprint density at radius 1 is 0.286 bits per heavy atom. The fourth-order valence-corrected chi connectivity index (χ4v) is 7.97. The Kier molecular flexibility index (Phi) is 6.25. The van der Waals surface area contributed by atoms with E-state index in [0.29, 0.717) is 0 Å². The van der Waals surface area contributed by atoms with Crippen LogP contribution < -0.4 is 4.74 Å². The summed E-state index contributed by atoms with van der Waals surface area (Å²) < 4.78 is 6.49. The molecule has 0 spiro atoms. The van der Waals surface area contributed by atoms with Gasteiger partial charge in [0.05, 0.1) is 0 Å². The maximum absolute atomic E-state index is 6.49. The van der Waals surface area contributed by atoms with E-state index in [2.05, 4.69) is 182 Å². The van der Waals surface area contributed by atoms with Crippen molar-refractivity contribution >= 4 is 32.3 Å². The molecular weight excluding hydrogens is 593 g/mol. The molecule has 1 aliphatic rings. The normalized spacial score (nSPS) is 11.8. The summed E-state index contributed by atoms with van der Waals surface area (Å²) in [7, 11) is 0. The quantitative estimate of drug-likeness (QED) is 0.177. The summed E-state index contributed by atoms with van der Waals surface area (Å²) >= 11 is 0. The van der Waals surface area contributed by atoms with Crippen LogP contribution in [0.15, 0.2) is 182 Å². The third kappa shape index (κ3) is 4.33. The van der Waals surface area contributed by atoms with Crippen molar-refractivity contribution in [2.75, 3.05) is 0 Å². The van der Waals surface area contributed by atoms with Crippen LogP contribution in [0.25, 0.3) is 88.0 Å². The Balaban J connectivity index is 1.24. The highest BCUT2D eigenvalue weighted by Gasteiger charge is 2.23. The van der Waals surface area contributed by atoms with E-state index in [1.807, 2.05) is 0 Å². The van der Waals surface area contributed by atoms with E-state index < -0.39 is 0 Å². The Hall–Kier alpha value is -6.44. The van der Waals surface area contributed by atoms with E-state index in [-0.39, 0.29) is 0 Å². The average Bonchev–Trinajstić information content (AvgIpc) is 3.17. The highest BCUT2D eigenvalue weighted by Crippen LogP contribution is 2.51. The van der Waals surface area contributed by atoms with Crippen molar-refractivity contribution in [1.82, 2.24) is 0 Å². The molecule has 0 unspecified atom stereocenters. The van der Waals surface area contributed by atoms with Crippen molar-refractivity contribution in [2.45, 2.75) is 0 Å². The molecule has 0 fully saturated rings. The molecule has 0 amide bonds. The monoisotopic (exact) mass is 622 g/mol. The summed E-state index contributed by atoms with van der Waals surface area (Å²) in [6.07, 6.45) is 0. The summed E-state index contributed by atoms with van der Waals surface area (Å²) in [6.45, 7) is 0. The molecule has 0 radical (unpaired) electrons. The molecule has 49 heavy (non-hydrogen) atoms. The molecule has 1 heterocycles. The minimum atomic E-state index is 0.895. The summed E-state index contributed by atoms with van der Waals surface area (Å²) in [5, 5.41) is 7.31. The standard InChI is InChI=1S/C48H30O/c1-2-14-31(15-3-1)34-18-4-5-19-35(34)36-20-6-7-21-37(36)48-40-24-10-8-22-38(40)46(39-23-9-11-25-41(39)48)33-28-29-44-43(30-33)42-26-12-16-32-17-13-27-45(49-44)47(32)42/h1-30H. The zero-order chi connectivity index (χ0) is 32.3. The maximum Gasteiger partial charge on any atom is 0.135 e. The van der Waals surface area contributed by atoms with Gasteiger partial charge in [-0.05, 0) is 95.2 Å². The first kappa shape index (κ1) is 27.7. The minimum absolute atomic E-state index is 0.895. The first-order valence-electron chi connectivity index (χ1n) is 16.9. The van der Waals surface area contributed by atoms with Gasteiger partial charge in [-0.25, -0.2) is 0 Å². The average molecular weight is 623 g/mol. The summed E-state index contributed by atoms with van der Waals surface area (Å²) in [6, 6.07) is 65.7. The zero-order valence-electron chi connectivity index (χ0n) is 26.7. The fraction of sp³-hybridized carbons (Fsp3) is 0. The molecule has 0 bridgehead atoms. The fourth-order valence-electron chi connectivity index (χ4n) is 7.97. The zero-order valence-corrected chi connectivity index (χ0v) is 26.7. The number of hydrogen-bond donors (Lipinski definition) is 0. The first-order chi connectivity index (χ1) is 24.3. The number of hydrogen-bond acceptors (Lipinski definition) is 1. The van der Waals surface area contributed by atoms with Crippen LogP contribution in [0.4, 0.5) is 0 Å². The molecule has 0 atom stereocenters. The molecule has 1 nitrogen and oxygen atoms in total. The highest BCUT2D eigenvalue weighted by molar-refractivity contribution is 6.23. The van der Waals surface area contributed by atoms with Gasteiger partial charge in [-0.2, -0.15) is 0 Å². The third-order valence-corrected chi connectivity index (χ3v) is 10.1. The molecule has 10 rings (SSSR count). The number of benzene rings is 9. The van der Waals surface area contributed by atoms with Gasteiger partial charge >= 0.3 is 0 Å². The van der Waals surface area contributed by atoms with E-state index >= 15 is 0 Å². The predicted octanol–water partition coefficient (Wildman–Crippen LogP) is 13.6. The lowest BCUT2D eigenvalue weighted by molar-refractivity contribution is 0.487. The molecule has 1 aliphatic heterocycles. The van der Waals surface area contributed by atoms with Crippen molar-refractivity contribution < 1.29 is 4.74 Å². The van der Waals surface area contributed by atoms with Crippen molar-refractivity contribution in [3.8, 4) is 67.1 Å². The van der Waals surface area contributed by atoms with Gasteiger partial charge in [-0.3, -0.25) is 0 Å². The number of fused-ring (bicyclic) bond motifs is 4. The lowest BCUT2D eigenvalue weighted by Crippen LogP contribution is -1.98. The largest absolute Gasteiger partial charge is 0.456 e. The van der Waals surface area contributed by atoms with Crippen LogP contribution in [-0.4, -0.2) is 0 Å². The third-order valence-electron chi connectivity index (χ3n) is 10.1. The van der Waals surface area contributed by atoms with Gasteiger partial charge in [0.1, 0.15) is 11.5 Å². The number of ether oxygens (including phenoxy) is 1. The van der Waals surface area contributed by atoms with Crippen molar-refractivity contribution in [2.24, 2.45) is 0 Å². The van der Waals surface area contributed by atoms with Crippen LogP contribution in [0.5, 0.6) is 11.5 Å². The molecule has 0 saturated carbocycles. The smallest absolute Gasteiger partial charge is 0.135 e. The Labute approximate surface area is 285 Å². The Morgan fingerprint density at radius 2 is 0.816 bits per heavy atom. The summed E-state index contributed by atoms with van der Waals surface area (Å²) in [5.74, 6) is 1.81. The van der Waals surface area contributed by atoms with E-state index in [1.54, 1.807) is 0 Å². The lowest BCUT2D eigenvalue weighted by atomic mass is 9.82. The van der Waals surface area contributed by atoms with Gasteiger partial charge in [-0.1, -0.05) is 164 Å². The maximum atomic E-state index is 6.49. The van der Waals surface area contributed by atoms with Gasteiger partial charge in [0, 0.05) is 10.9 Å². The predicted molar refractivity (Wildman–Crippen MR) is 206 cm³/mol. The highest BCUT2D eigenvalue weighted by atomic mass is 16.5.